The maximum absolute atomic E-state index is 5.51. The van der Waals surface area contributed by atoms with E-state index in [2.05, 4.69) is 22.9 Å². The van der Waals surface area contributed by atoms with Crippen molar-refractivity contribution >= 4 is 15.9 Å². The summed E-state index contributed by atoms with van der Waals surface area (Å²) in [6.45, 7) is 5.72. The zero-order valence-electron chi connectivity index (χ0n) is 10.5. The second-order valence-corrected chi connectivity index (χ2v) is 4.46. The van der Waals surface area contributed by atoms with Gasteiger partial charge in [-0.1, -0.05) is 29.3 Å². The predicted octanol–water partition coefficient (Wildman–Crippen LogP) is 2.87. The van der Waals surface area contributed by atoms with Gasteiger partial charge in [0.1, 0.15) is 0 Å². The molecule has 98 valence electrons. The summed E-state index contributed by atoms with van der Waals surface area (Å²) >= 11 is 3.53. The third-order valence-corrected chi connectivity index (χ3v) is 3.31. The van der Waals surface area contributed by atoms with Crippen molar-refractivity contribution in [1.82, 2.24) is 0 Å². The molecule has 0 rings (SSSR count). The van der Waals surface area contributed by atoms with E-state index in [-0.39, 0.29) is 0 Å². The Hall–Kier alpha value is 0.360. The van der Waals surface area contributed by atoms with Gasteiger partial charge in [-0.05, 0) is 18.8 Å². The van der Waals surface area contributed by atoms with Gasteiger partial charge in [-0.15, -0.1) is 0 Å². The van der Waals surface area contributed by atoms with Gasteiger partial charge in [-0.25, -0.2) is 0 Å². The lowest BCUT2D eigenvalue weighted by Gasteiger charge is -2.12. The molecule has 0 aliphatic heterocycles. The summed E-state index contributed by atoms with van der Waals surface area (Å²) < 4.78 is 15.7. The predicted molar refractivity (Wildman–Crippen MR) is 70.3 cm³/mol. The smallest absolute Gasteiger partial charge is 0.0701 e. The monoisotopic (exact) mass is 296 g/mol. The Morgan fingerprint density at radius 1 is 0.938 bits per heavy atom. The molecule has 0 aromatic carbocycles. The first-order valence-corrected chi connectivity index (χ1v) is 7.17. The Labute approximate surface area is 108 Å². The van der Waals surface area contributed by atoms with E-state index in [1.807, 2.05) is 0 Å². The van der Waals surface area contributed by atoms with Crippen LogP contribution in [0, 0.1) is 5.92 Å². The molecule has 0 saturated heterocycles. The third-order valence-electron chi connectivity index (χ3n) is 2.39. The van der Waals surface area contributed by atoms with Crippen LogP contribution in [0.1, 0.15) is 26.2 Å². The van der Waals surface area contributed by atoms with E-state index in [0.29, 0.717) is 26.4 Å². The lowest BCUT2D eigenvalue weighted by Crippen LogP contribution is -2.11. The maximum atomic E-state index is 5.51. The quantitative estimate of drug-likeness (QED) is 0.409. The first-order valence-electron chi connectivity index (χ1n) is 6.05. The molecular weight excluding hydrogens is 272 g/mol. The van der Waals surface area contributed by atoms with Gasteiger partial charge in [0, 0.05) is 19.0 Å². The Balaban J connectivity index is 3.12. The standard InChI is InChI=1S/C12H25BrO3/c1-3-4-12(11-13)5-6-15-9-10-16-8-7-14-2/h12H,3-11H2,1-2H3. The molecule has 0 heterocycles. The molecule has 1 atom stereocenters. The van der Waals surface area contributed by atoms with Gasteiger partial charge < -0.3 is 14.2 Å². The van der Waals surface area contributed by atoms with Gasteiger partial charge in [0.25, 0.3) is 0 Å². The van der Waals surface area contributed by atoms with Crippen LogP contribution in [-0.4, -0.2) is 45.5 Å². The van der Waals surface area contributed by atoms with Gasteiger partial charge in [0.05, 0.1) is 26.4 Å². The van der Waals surface area contributed by atoms with Gasteiger partial charge in [0.2, 0.25) is 0 Å². The van der Waals surface area contributed by atoms with E-state index in [9.17, 15) is 0 Å². The second kappa shape index (κ2) is 13.4. The zero-order chi connectivity index (χ0) is 12.1. The molecule has 0 amide bonds. The summed E-state index contributed by atoms with van der Waals surface area (Å²) in [5.41, 5.74) is 0. The first kappa shape index (κ1) is 16.4. The lowest BCUT2D eigenvalue weighted by atomic mass is 10.0. The van der Waals surface area contributed by atoms with E-state index in [1.54, 1.807) is 7.11 Å². The minimum atomic E-state index is 0.652. The van der Waals surface area contributed by atoms with E-state index >= 15 is 0 Å². The van der Waals surface area contributed by atoms with E-state index < -0.39 is 0 Å². The topological polar surface area (TPSA) is 27.7 Å². The van der Waals surface area contributed by atoms with Crippen LogP contribution in [0.4, 0.5) is 0 Å². The van der Waals surface area contributed by atoms with Crippen LogP contribution in [0.25, 0.3) is 0 Å². The highest BCUT2D eigenvalue weighted by Gasteiger charge is 2.05. The first-order chi connectivity index (χ1) is 7.85. The van der Waals surface area contributed by atoms with Crippen molar-refractivity contribution in [1.29, 1.82) is 0 Å². The van der Waals surface area contributed by atoms with Crippen molar-refractivity contribution in [2.45, 2.75) is 26.2 Å². The van der Waals surface area contributed by atoms with Crippen molar-refractivity contribution in [2.75, 3.05) is 45.5 Å². The van der Waals surface area contributed by atoms with Crippen LogP contribution in [0.3, 0.4) is 0 Å². The fourth-order valence-corrected chi connectivity index (χ4v) is 2.07. The highest BCUT2D eigenvalue weighted by atomic mass is 79.9. The molecule has 4 heteroatoms. The average molecular weight is 297 g/mol. The van der Waals surface area contributed by atoms with Crippen LogP contribution in [-0.2, 0) is 14.2 Å². The number of methoxy groups -OCH3 is 1. The third kappa shape index (κ3) is 10.9. The molecule has 1 unspecified atom stereocenters. The lowest BCUT2D eigenvalue weighted by molar-refractivity contribution is 0.0221. The summed E-state index contributed by atoms with van der Waals surface area (Å²) in [7, 11) is 1.67. The molecule has 0 aliphatic carbocycles. The van der Waals surface area contributed by atoms with Gasteiger partial charge in [-0.2, -0.15) is 0 Å². The summed E-state index contributed by atoms with van der Waals surface area (Å²) in [6, 6.07) is 0. The van der Waals surface area contributed by atoms with Crippen LogP contribution in [0.15, 0.2) is 0 Å². The normalized spacial score (nSPS) is 12.9. The van der Waals surface area contributed by atoms with Crippen LogP contribution in [0.5, 0.6) is 0 Å². The Bertz CT molecular complexity index is 133. The molecule has 0 spiro atoms. The molecule has 16 heavy (non-hydrogen) atoms. The van der Waals surface area contributed by atoms with Crippen molar-refractivity contribution in [3.63, 3.8) is 0 Å². The van der Waals surface area contributed by atoms with Crippen molar-refractivity contribution < 1.29 is 14.2 Å². The van der Waals surface area contributed by atoms with Crippen LogP contribution < -0.4 is 0 Å². The number of rotatable bonds is 12. The zero-order valence-corrected chi connectivity index (χ0v) is 12.1. The highest BCUT2D eigenvalue weighted by molar-refractivity contribution is 9.09. The summed E-state index contributed by atoms with van der Waals surface area (Å²) in [6.07, 6.45) is 3.66. The van der Waals surface area contributed by atoms with Crippen LogP contribution >= 0.6 is 15.9 Å². The fourth-order valence-electron chi connectivity index (χ4n) is 1.42. The number of hydrogen-bond acceptors (Lipinski definition) is 3. The number of alkyl halides is 1. The molecule has 0 N–H and O–H groups in total. The average Bonchev–Trinajstić information content (AvgIpc) is 2.31. The van der Waals surface area contributed by atoms with Gasteiger partial charge in [0.15, 0.2) is 0 Å². The van der Waals surface area contributed by atoms with Crippen molar-refractivity contribution in [3.05, 3.63) is 0 Å². The minimum absolute atomic E-state index is 0.652. The summed E-state index contributed by atoms with van der Waals surface area (Å²) in [5, 5.41) is 1.08. The maximum Gasteiger partial charge on any atom is 0.0701 e. The fraction of sp³-hybridized carbons (Fsp3) is 1.00. The number of ether oxygens (including phenoxy) is 3. The number of hydrogen-bond donors (Lipinski definition) is 0. The SMILES string of the molecule is CCCC(CBr)CCOCCOCCOC. The largest absolute Gasteiger partial charge is 0.382 e. The van der Waals surface area contributed by atoms with E-state index in [4.69, 9.17) is 14.2 Å². The molecule has 0 aromatic rings. The van der Waals surface area contributed by atoms with Gasteiger partial charge in [-0.3, -0.25) is 0 Å². The molecule has 0 fully saturated rings. The molecule has 3 nitrogen and oxygen atoms in total. The summed E-state index contributed by atoms with van der Waals surface area (Å²) in [5.74, 6) is 0.749. The second-order valence-electron chi connectivity index (χ2n) is 3.82. The molecule has 0 radical (unpaired) electrons. The molecule has 0 saturated carbocycles. The van der Waals surface area contributed by atoms with Crippen LogP contribution in [0.2, 0.25) is 0 Å². The van der Waals surface area contributed by atoms with Crippen molar-refractivity contribution in [2.24, 2.45) is 5.92 Å². The van der Waals surface area contributed by atoms with Crippen molar-refractivity contribution in [3.8, 4) is 0 Å². The van der Waals surface area contributed by atoms with E-state index in [1.165, 1.54) is 12.8 Å². The van der Waals surface area contributed by atoms with Gasteiger partial charge >= 0.3 is 0 Å². The minimum Gasteiger partial charge on any atom is -0.382 e. The number of halogens is 1. The Kier molecular flexibility index (Phi) is 13.7. The molecular formula is C12H25BrO3. The molecule has 0 bridgehead atoms. The van der Waals surface area contributed by atoms with E-state index in [0.717, 1.165) is 24.3 Å². The highest BCUT2D eigenvalue weighted by Crippen LogP contribution is 2.13. The molecule has 0 aliphatic rings. The summed E-state index contributed by atoms with van der Waals surface area (Å²) in [4.78, 5) is 0. The Morgan fingerprint density at radius 2 is 1.56 bits per heavy atom. The Morgan fingerprint density at radius 3 is 2.12 bits per heavy atom. The molecule has 0 aromatic heterocycles.